The lowest BCUT2D eigenvalue weighted by Crippen LogP contribution is -2.37. The van der Waals surface area contributed by atoms with Gasteiger partial charge < -0.3 is 15.8 Å². The second-order valence-corrected chi connectivity index (χ2v) is 5.60. The van der Waals surface area contributed by atoms with Crippen LogP contribution in [0.1, 0.15) is 12.0 Å². The molecule has 19 heavy (non-hydrogen) atoms. The van der Waals surface area contributed by atoms with Crippen molar-refractivity contribution >= 4 is 21.7 Å². The van der Waals surface area contributed by atoms with Crippen LogP contribution in [0.25, 0.3) is 0 Å². The quantitative estimate of drug-likeness (QED) is 0.769. The van der Waals surface area contributed by atoms with Gasteiger partial charge in [-0.2, -0.15) is 0 Å². The summed E-state index contributed by atoms with van der Waals surface area (Å²) < 4.78 is 6.29. The van der Waals surface area contributed by atoms with Gasteiger partial charge in [-0.25, -0.2) is 4.98 Å². The fourth-order valence-electron chi connectivity index (χ4n) is 2.11. The zero-order valence-electron chi connectivity index (χ0n) is 11.1. The number of morpholine rings is 1. The first-order valence-corrected chi connectivity index (χ1v) is 7.46. The summed E-state index contributed by atoms with van der Waals surface area (Å²) in [6, 6.07) is 2.01. The van der Waals surface area contributed by atoms with Gasteiger partial charge in [0, 0.05) is 35.9 Å². The molecular weight excluding hydrogens is 308 g/mol. The molecule has 1 aromatic heterocycles. The van der Waals surface area contributed by atoms with Crippen LogP contribution in [0.4, 0.5) is 5.82 Å². The van der Waals surface area contributed by atoms with E-state index in [2.05, 4.69) is 31.1 Å². The molecule has 0 amide bonds. The molecule has 6 heteroatoms. The normalized spacial score (nSPS) is 16.7. The van der Waals surface area contributed by atoms with Gasteiger partial charge in [0.25, 0.3) is 0 Å². The maximum atomic E-state index is 5.83. The van der Waals surface area contributed by atoms with E-state index in [4.69, 9.17) is 10.5 Å². The average Bonchev–Trinajstić information content (AvgIpc) is 2.43. The predicted molar refractivity (Wildman–Crippen MR) is 79.9 cm³/mol. The second-order valence-electron chi connectivity index (χ2n) is 4.68. The van der Waals surface area contributed by atoms with Crippen LogP contribution in [0, 0.1) is 0 Å². The number of aromatic nitrogens is 1. The Balaban J connectivity index is 1.62. The molecular formula is C13H21BrN4O. The minimum absolute atomic E-state index is 0.601. The summed E-state index contributed by atoms with van der Waals surface area (Å²) in [6.07, 6.45) is 2.86. The van der Waals surface area contributed by atoms with Crippen molar-refractivity contribution in [3.8, 4) is 0 Å². The minimum atomic E-state index is 0.601. The molecule has 1 fully saturated rings. The van der Waals surface area contributed by atoms with Crippen molar-refractivity contribution in [2.24, 2.45) is 0 Å². The van der Waals surface area contributed by atoms with E-state index in [1.54, 1.807) is 6.20 Å². The lowest BCUT2D eigenvalue weighted by molar-refractivity contribution is 0.0374. The van der Waals surface area contributed by atoms with Crippen molar-refractivity contribution in [3.05, 3.63) is 22.3 Å². The van der Waals surface area contributed by atoms with Crippen molar-refractivity contribution in [1.29, 1.82) is 0 Å². The molecule has 1 aliphatic heterocycles. The Hall–Kier alpha value is -0.690. The summed E-state index contributed by atoms with van der Waals surface area (Å²) in [5.41, 5.74) is 6.87. The summed E-state index contributed by atoms with van der Waals surface area (Å²) in [4.78, 5) is 6.56. The lowest BCUT2D eigenvalue weighted by Gasteiger charge is -2.26. The van der Waals surface area contributed by atoms with Crippen molar-refractivity contribution in [2.75, 3.05) is 45.1 Å². The summed E-state index contributed by atoms with van der Waals surface area (Å²) in [5.74, 6) is 0.601. The number of nitrogens with zero attached hydrogens (tertiary/aromatic N) is 2. The molecule has 1 aliphatic rings. The molecule has 2 rings (SSSR count). The van der Waals surface area contributed by atoms with Gasteiger partial charge in [-0.05, 0) is 41.5 Å². The first-order chi connectivity index (χ1) is 9.25. The van der Waals surface area contributed by atoms with E-state index in [-0.39, 0.29) is 0 Å². The van der Waals surface area contributed by atoms with Crippen LogP contribution in [0.2, 0.25) is 0 Å². The Morgan fingerprint density at radius 3 is 3.00 bits per heavy atom. The molecule has 0 saturated carbocycles. The highest BCUT2D eigenvalue weighted by Crippen LogP contribution is 2.15. The minimum Gasteiger partial charge on any atom is -0.383 e. The molecule has 0 bridgehead atoms. The molecule has 0 unspecified atom stereocenters. The van der Waals surface area contributed by atoms with Crippen molar-refractivity contribution in [1.82, 2.24) is 15.2 Å². The van der Waals surface area contributed by atoms with Crippen LogP contribution >= 0.6 is 15.9 Å². The first kappa shape index (κ1) is 14.7. The summed E-state index contributed by atoms with van der Waals surface area (Å²) in [6.45, 7) is 6.74. The van der Waals surface area contributed by atoms with Gasteiger partial charge >= 0.3 is 0 Å². The van der Waals surface area contributed by atoms with E-state index >= 15 is 0 Å². The van der Waals surface area contributed by atoms with E-state index < -0.39 is 0 Å². The standard InChI is InChI=1S/C13H21BrN4O/c14-12-8-11(13(15)17-10-12)9-16-2-1-3-18-4-6-19-7-5-18/h8,10,16H,1-7,9H2,(H2,15,17). The van der Waals surface area contributed by atoms with E-state index in [0.29, 0.717) is 5.82 Å². The van der Waals surface area contributed by atoms with E-state index in [1.165, 1.54) is 0 Å². The molecule has 0 radical (unpaired) electrons. The maximum Gasteiger partial charge on any atom is 0.127 e. The van der Waals surface area contributed by atoms with Crippen LogP contribution in [0.5, 0.6) is 0 Å². The topological polar surface area (TPSA) is 63.4 Å². The maximum absolute atomic E-state index is 5.83. The summed E-state index contributed by atoms with van der Waals surface area (Å²) >= 11 is 3.41. The number of ether oxygens (including phenoxy) is 1. The van der Waals surface area contributed by atoms with Crippen molar-refractivity contribution < 1.29 is 4.74 Å². The van der Waals surface area contributed by atoms with E-state index in [9.17, 15) is 0 Å². The molecule has 0 aliphatic carbocycles. The highest BCUT2D eigenvalue weighted by molar-refractivity contribution is 9.10. The Kier molecular flexibility index (Phi) is 6.03. The molecule has 1 saturated heterocycles. The SMILES string of the molecule is Nc1ncc(Br)cc1CNCCCN1CCOCC1. The van der Waals surface area contributed by atoms with Crippen LogP contribution < -0.4 is 11.1 Å². The first-order valence-electron chi connectivity index (χ1n) is 6.66. The molecule has 106 valence electrons. The third-order valence-electron chi connectivity index (χ3n) is 3.22. The van der Waals surface area contributed by atoms with Gasteiger partial charge in [-0.15, -0.1) is 0 Å². The monoisotopic (exact) mass is 328 g/mol. The highest BCUT2D eigenvalue weighted by Gasteiger charge is 2.09. The molecule has 1 aromatic rings. The third-order valence-corrected chi connectivity index (χ3v) is 3.65. The van der Waals surface area contributed by atoms with E-state index in [1.807, 2.05) is 6.07 Å². The zero-order chi connectivity index (χ0) is 13.5. The Morgan fingerprint density at radius 2 is 2.21 bits per heavy atom. The zero-order valence-corrected chi connectivity index (χ0v) is 12.7. The summed E-state index contributed by atoms with van der Waals surface area (Å²) in [7, 11) is 0. The predicted octanol–water partition coefficient (Wildman–Crippen LogP) is 1.24. The number of halogens is 1. The van der Waals surface area contributed by atoms with Gasteiger partial charge in [-0.3, -0.25) is 4.90 Å². The Labute approximate surface area is 122 Å². The number of anilines is 1. The smallest absolute Gasteiger partial charge is 0.127 e. The van der Waals surface area contributed by atoms with Crippen LogP contribution in [0.15, 0.2) is 16.7 Å². The van der Waals surface area contributed by atoms with Crippen molar-refractivity contribution in [2.45, 2.75) is 13.0 Å². The highest BCUT2D eigenvalue weighted by atomic mass is 79.9. The number of pyridine rings is 1. The molecule has 0 spiro atoms. The molecule has 3 N–H and O–H groups in total. The number of nitrogens with one attached hydrogen (secondary N) is 1. The van der Waals surface area contributed by atoms with Gasteiger partial charge in [0.1, 0.15) is 5.82 Å². The number of rotatable bonds is 6. The molecule has 0 atom stereocenters. The fraction of sp³-hybridized carbons (Fsp3) is 0.615. The molecule has 2 heterocycles. The molecule has 0 aromatic carbocycles. The third kappa shape index (κ3) is 5.06. The van der Waals surface area contributed by atoms with Crippen LogP contribution in [0.3, 0.4) is 0 Å². The van der Waals surface area contributed by atoms with Gasteiger partial charge in [0.05, 0.1) is 13.2 Å². The number of nitrogens with two attached hydrogens (primary N) is 1. The van der Waals surface area contributed by atoms with Crippen LogP contribution in [-0.4, -0.2) is 49.3 Å². The average molecular weight is 329 g/mol. The van der Waals surface area contributed by atoms with Gasteiger partial charge in [0.15, 0.2) is 0 Å². The van der Waals surface area contributed by atoms with Crippen molar-refractivity contribution in [3.63, 3.8) is 0 Å². The Bertz CT molecular complexity index is 396. The lowest BCUT2D eigenvalue weighted by atomic mass is 10.2. The summed E-state index contributed by atoms with van der Waals surface area (Å²) in [5, 5.41) is 3.41. The van der Waals surface area contributed by atoms with Crippen LogP contribution in [-0.2, 0) is 11.3 Å². The Morgan fingerprint density at radius 1 is 1.42 bits per heavy atom. The fourth-order valence-corrected chi connectivity index (χ4v) is 2.49. The number of hydrogen-bond acceptors (Lipinski definition) is 5. The number of hydrogen-bond donors (Lipinski definition) is 2. The number of nitrogen functional groups attached to an aromatic ring is 1. The largest absolute Gasteiger partial charge is 0.383 e. The molecule has 5 nitrogen and oxygen atoms in total. The van der Waals surface area contributed by atoms with Gasteiger partial charge in [-0.1, -0.05) is 0 Å². The van der Waals surface area contributed by atoms with E-state index in [0.717, 1.165) is 62.4 Å². The van der Waals surface area contributed by atoms with Gasteiger partial charge in [0.2, 0.25) is 0 Å². The second kappa shape index (κ2) is 7.79.